The number of amides is 1. The molecule has 3 rings (SSSR count). The van der Waals surface area contributed by atoms with E-state index in [9.17, 15) is 4.79 Å². The standard InChI is InChI=1S/C15H19BN2OS/c1-16(10-12-5-3-2-4-6-12)18-11-15(14(18)19)7-8-17-13(20)9-15/h2-6H,7-11H2,1H3,(H,17,20). The normalized spacial score (nSPS) is 25.4. The number of carbonyl (C=O) groups excluding carboxylic acids is 1. The van der Waals surface area contributed by atoms with Gasteiger partial charge in [-0.25, -0.2) is 0 Å². The number of rotatable bonds is 3. The molecule has 1 atom stereocenters. The lowest BCUT2D eigenvalue weighted by Gasteiger charge is -2.53. The summed E-state index contributed by atoms with van der Waals surface area (Å²) in [5, 5.41) is 3.17. The van der Waals surface area contributed by atoms with Crippen LogP contribution in [0.2, 0.25) is 6.82 Å². The van der Waals surface area contributed by atoms with E-state index >= 15 is 0 Å². The summed E-state index contributed by atoms with van der Waals surface area (Å²) in [4.78, 5) is 15.4. The SMILES string of the molecule is CB(Cc1ccccc1)N1CC2(CCNC(=S)C2)C1=O. The van der Waals surface area contributed by atoms with E-state index in [-0.39, 0.29) is 12.3 Å². The van der Waals surface area contributed by atoms with Gasteiger partial charge in [-0.05, 0) is 12.7 Å². The Labute approximate surface area is 125 Å². The summed E-state index contributed by atoms with van der Waals surface area (Å²) in [6, 6.07) is 10.4. The van der Waals surface area contributed by atoms with Gasteiger partial charge in [-0.15, -0.1) is 0 Å². The fraction of sp³-hybridized carbons (Fsp3) is 0.467. The average Bonchev–Trinajstić information content (AvgIpc) is 2.45. The number of benzene rings is 1. The topological polar surface area (TPSA) is 32.3 Å². The second-order valence-electron chi connectivity index (χ2n) is 6.03. The zero-order valence-electron chi connectivity index (χ0n) is 11.8. The largest absolute Gasteiger partial charge is 0.385 e. The van der Waals surface area contributed by atoms with Crippen molar-refractivity contribution in [1.82, 2.24) is 10.1 Å². The van der Waals surface area contributed by atoms with Gasteiger partial charge in [-0.1, -0.05) is 54.9 Å². The van der Waals surface area contributed by atoms with Crippen molar-refractivity contribution in [3.8, 4) is 0 Å². The number of hydrogen-bond acceptors (Lipinski definition) is 2. The van der Waals surface area contributed by atoms with E-state index < -0.39 is 0 Å². The lowest BCUT2D eigenvalue weighted by Crippen LogP contribution is -2.68. The molecule has 0 aromatic heterocycles. The van der Waals surface area contributed by atoms with Crippen LogP contribution >= 0.6 is 12.2 Å². The van der Waals surface area contributed by atoms with Crippen LogP contribution in [0.5, 0.6) is 0 Å². The van der Waals surface area contributed by atoms with Crippen LogP contribution in [0, 0.1) is 5.41 Å². The third-order valence-electron chi connectivity index (χ3n) is 4.52. The molecule has 1 N–H and O–H groups in total. The molecular formula is C15H19BN2OS. The molecule has 104 valence electrons. The highest BCUT2D eigenvalue weighted by Crippen LogP contribution is 2.41. The second-order valence-corrected chi connectivity index (χ2v) is 6.52. The molecule has 5 heteroatoms. The number of nitrogens with zero attached hydrogens (tertiary/aromatic N) is 1. The Hall–Kier alpha value is -1.36. The predicted molar refractivity (Wildman–Crippen MR) is 85.7 cm³/mol. The number of β-lactam (4-membered cyclic amide) rings is 1. The molecule has 1 unspecified atom stereocenters. The van der Waals surface area contributed by atoms with Gasteiger partial charge in [0.1, 0.15) is 0 Å². The molecule has 2 fully saturated rings. The molecular weight excluding hydrogens is 267 g/mol. The lowest BCUT2D eigenvalue weighted by molar-refractivity contribution is -0.152. The summed E-state index contributed by atoms with van der Waals surface area (Å²) in [5.41, 5.74) is 1.10. The minimum Gasteiger partial charge on any atom is -0.385 e. The van der Waals surface area contributed by atoms with Gasteiger partial charge < -0.3 is 10.1 Å². The number of piperidine rings is 1. The summed E-state index contributed by atoms with van der Waals surface area (Å²) < 4.78 is 0. The Kier molecular flexibility index (Phi) is 3.54. The average molecular weight is 286 g/mol. The molecule has 2 saturated heterocycles. The van der Waals surface area contributed by atoms with Crippen LogP contribution in [-0.2, 0) is 11.1 Å². The Morgan fingerprint density at radius 3 is 2.80 bits per heavy atom. The fourth-order valence-electron chi connectivity index (χ4n) is 3.32. The maximum atomic E-state index is 12.6. The number of thiocarbonyl (C=S) groups is 1. The van der Waals surface area contributed by atoms with E-state index in [2.05, 4.69) is 24.3 Å². The van der Waals surface area contributed by atoms with Crippen molar-refractivity contribution in [3.63, 3.8) is 0 Å². The van der Waals surface area contributed by atoms with Gasteiger partial charge in [0.15, 0.2) is 0 Å². The molecule has 0 bridgehead atoms. The van der Waals surface area contributed by atoms with Crippen molar-refractivity contribution in [2.45, 2.75) is 26.0 Å². The van der Waals surface area contributed by atoms with Crippen molar-refractivity contribution in [2.75, 3.05) is 13.1 Å². The molecule has 0 saturated carbocycles. The van der Waals surface area contributed by atoms with E-state index in [4.69, 9.17) is 12.2 Å². The predicted octanol–water partition coefficient (Wildman–Crippen LogP) is 1.93. The summed E-state index contributed by atoms with van der Waals surface area (Å²) in [6.45, 7) is 4.10. The highest BCUT2D eigenvalue weighted by Gasteiger charge is 2.54. The molecule has 2 aliphatic heterocycles. The minimum absolute atomic E-state index is 0.187. The van der Waals surface area contributed by atoms with E-state index in [1.165, 1.54) is 5.56 Å². The first kappa shape index (κ1) is 13.6. The smallest absolute Gasteiger partial charge is 0.259 e. The molecule has 1 spiro atoms. The van der Waals surface area contributed by atoms with Crippen LogP contribution in [0.3, 0.4) is 0 Å². The number of nitrogens with one attached hydrogen (secondary N) is 1. The van der Waals surface area contributed by atoms with Crippen molar-refractivity contribution >= 4 is 30.0 Å². The Balaban J connectivity index is 1.63. The highest BCUT2D eigenvalue weighted by atomic mass is 32.1. The van der Waals surface area contributed by atoms with Gasteiger partial charge in [0.25, 0.3) is 6.85 Å². The summed E-state index contributed by atoms with van der Waals surface area (Å²) in [6.07, 6.45) is 2.57. The van der Waals surface area contributed by atoms with Crippen molar-refractivity contribution in [1.29, 1.82) is 0 Å². The number of carbonyl (C=O) groups is 1. The molecule has 2 heterocycles. The summed E-state index contributed by atoms with van der Waals surface area (Å²) in [5.74, 6) is 0.296. The zero-order valence-corrected chi connectivity index (χ0v) is 12.6. The van der Waals surface area contributed by atoms with Gasteiger partial charge in [-0.2, -0.15) is 0 Å². The first-order chi connectivity index (χ1) is 9.61. The fourth-order valence-corrected chi connectivity index (χ4v) is 3.70. The molecule has 1 aromatic carbocycles. The Morgan fingerprint density at radius 2 is 2.15 bits per heavy atom. The molecule has 20 heavy (non-hydrogen) atoms. The molecule has 1 amide bonds. The quantitative estimate of drug-likeness (QED) is 0.523. The van der Waals surface area contributed by atoms with Crippen LogP contribution in [0.1, 0.15) is 18.4 Å². The molecule has 3 nitrogen and oxygen atoms in total. The third kappa shape index (κ3) is 2.35. The van der Waals surface area contributed by atoms with Crippen LogP contribution in [0.25, 0.3) is 0 Å². The molecule has 2 aliphatic rings. The molecule has 0 radical (unpaired) electrons. The van der Waals surface area contributed by atoms with Crippen LogP contribution in [0.4, 0.5) is 0 Å². The molecule has 0 aliphatic carbocycles. The number of hydrogen-bond donors (Lipinski definition) is 1. The van der Waals surface area contributed by atoms with Crippen LogP contribution < -0.4 is 5.32 Å². The van der Waals surface area contributed by atoms with E-state index in [0.717, 1.165) is 37.2 Å². The van der Waals surface area contributed by atoms with Gasteiger partial charge in [0.05, 0.1) is 10.4 Å². The maximum Gasteiger partial charge on any atom is 0.259 e. The minimum atomic E-state index is -0.187. The molecule has 1 aromatic rings. The van der Waals surface area contributed by atoms with E-state index in [1.54, 1.807) is 0 Å². The van der Waals surface area contributed by atoms with Gasteiger partial charge in [0, 0.05) is 19.5 Å². The van der Waals surface area contributed by atoms with Crippen molar-refractivity contribution in [2.24, 2.45) is 5.41 Å². The van der Waals surface area contributed by atoms with Gasteiger partial charge in [-0.3, -0.25) is 4.79 Å². The summed E-state index contributed by atoms with van der Waals surface area (Å²) >= 11 is 5.24. The van der Waals surface area contributed by atoms with E-state index in [1.807, 2.05) is 23.0 Å². The Bertz CT molecular complexity index is 536. The van der Waals surface area contributed by atoms with Crippen molar-refractivity contribution in [3.05, 3.63) is 35.9 Å². The monoisotopic (exact) mass is 286 g/mol. The Morgan fingerprint density at radius 1 is 1.40 bits per heavy atom. The maximum absolute atomic E-state index is 12.6. The lowest BCUT2D eigenvalue weighted by atomic mass is 9.52. The van der Waals surface area contributed by atoms with Gasteiger partial charge >= 0.3 is 0 Å². The first-order valence-electron chi connectivity index (χ1n) is 7.22. The second kappa shape index (κ2) is 5.21. The van der Waals surface area contributed by atoms with Crippen molar-refractivity contribution < 1.29 is 4.79 Å². The van der Waals surface area contributed by atoms with Gasteiger partial charge in [0.2, 0.25) is 5.91 Å². The third-order valence-corrected chi connectivity index (χ3v) is 4.81. The highest BCUT2D eigenvalue weighted by molar-refractivity contribution is 7.80. The first-order valence-corrected chi connectivity index (χ1v) is 7.63. The van der Waals surface area contributed by atoms with E-state index in [0.29, 0.717) is 5.91 Å². The zero-order chi connectivity index (χ0) is 14.2. The summed E-state index contributed by atoms with van der Waals surface area (Å²) in [7, 11) is 0. The van der Waals surface area contributed by atoms with Crippen LogP contribution in [-0.4, -0.2) is 35.6 Å². The van der Waals surface area contributed by atoms with Crippen LogP contribution in [0.15, 0.2) is 30.3 Å².